The number of alkyl halides is 1. The molecule has 14 heavy (non-hydrogen) atoms. The highest BCUT2D eigenvalue weighted by atomic mass is 79.9. The van der Waals surface area contributed by atoms with Gasteiger partial charge in [0.05, 0.1) is 6.61 Å². The van der Waals surface area contributed by atoms with Gasteiger partial charge in [-0.15, -0.1) is 0 Å². The zero-order chi connectivity index (χ0) is 10.6. The van der Waals surface area contributed by atoms with Crippen LogP contribution in [0.2, 0.25) is 0 Å². The van der Waals surface area contributed by atoms with Gasteiger partial charge in [0, 0.05) is 4.32 Å². The van der Waals surface area contributed by atoms with Crippen molar-refractivity contribution in [3.8, 4) is 5.75 Å². The fourth-order valence-corrected chi connectivity index (χ4v) is 1.68. The van der Waals surface area contributed by atoms with E-state index in [1.54, 1.807) is 0 Å². The number of rotatable bonds is 4. The fraction of sp³-hybridized carbons (Fsp3) is 0.500. The van der Waals surface area contributed by atoms with Gasteiger partial charge in [-0.05, 0) is 44.9 Å². The van der Waals surface area contributed by atoms with Crippen molar-refractivity contribution < 1.29 is 4.74 Å². The highest BCUT2D eigenvalue weighted by Gasteiger charge is 2.12. The van der Waals surface area contributed by atoms with E-state index in [4.69, 9.17) is 4.74 Å². The summed E-state index contributed by atoms with van der Waals surface area (Å²) in [5.41, 5.74) is 1.33. The standard InChI is InChI=1S/C12H17BrO/c1-4-14-11-7-5-10(6-8-11)9-12(2,3)13/h5-8H,4,9H2,1-3H3. The van der Waals surface area contributed by atoms with Crippen LogP contribution in [0.25, 0.3) is 0 Å². The molecule has 0 spiro atoms. The lowest BCUT2D eigenvalue weighted by Gasteiger charge is -2.16. The van der Waals surface area contributed by atoms with Crippen molar-refractivity contribution in [3.05, 3.63) is 29.8 Å². The Balaban J connectivity index is 2.64. The molecule has 1 aromatic carbocycles. The van der Waals surface area contributed by atoms with E-state index in [9.17, 15) is 0 Å². The third-order valence-corrected chi connectivity index (χ3v) is 2.14. The molecule has 0 aromatic heterocycles. The van der Waals surface area contributed by atoms with E-state index < -0.39 is 0 Å². The van der Waals surface area contributed by atoms with Crippen molar-refractivity contribution in [2.45, 2.75) is 31.5 Å². The molecule has 0 amide bonds. The van der Waals surface area contributed by atoms with Gasteiger partial charge in [-0.1, -0.05) is 28.1 Å². The van der Waals surface area contributed by atoms with Gasteiger partial charge in [0.25, 0.3) is 0 Å². The molecule has 1 aromatic rings. The second kappa shape index (κ2) is 4.83. The van der Waals surface area contributed by atoms with Crippen molar-refractivity contribution in [2.24, 2.45) is 0 Å². The number of benzene rings is 1. The highest BCUT2D eigenvalue weighted by molar-refractivity contribution is 9.10. The average Bonchev–Trinajstić information content (AvgIpc) is 2.06. The Kier molecular flexibility index (Phi) is 3.99. The number of hydrogen-bond acceptors (Lipinski definition) is 1. The molecule has 0 saturated carbocycles. The predicted molar refractivity (Wildman–Crippen MR) is 64.3 cm³/mol. The normalized spacial score (nSPS) is 11.4. The van der Waals surface area contributed by atoms with Gasteiger partial charge in [-0.3, -0.25) is 0 Å². The zero-order valence-electron chi connectivity index (χ0n) is 9.01. The molecule has 0 fully saturated rings. The van der Waals surface area contributed by atoms with Crippen LogP contribution in [-0.4, -0.2) is 10.9 Å². The minimum atomic E-state index is 0.167. The molecule has 0 heterocycles. The molecule has 1 nitrogen and oxygen atoms in total. The summed E-state index contributed by atoms with van der Waals surface area (Å²) in [4.78, 5) is 0. The van der Waals surface area contributed by atoms with Gasteiger partial charge in [0.15, 0.2) is 0 Å². The summed E-state index contributed by atoms with van der Waals surface area (Å²) in [6, 6.07) is 8.29. The van der Waals surface area contributed by atoms with Crippen LogP contribution in [0.1, 0.15) is 26.3 Å². The van der Waals surface area contributed by atoms with Crippen LogP contribution in [0.4, 0.5) is 0 Å². The minimum Gasteiger partial charge on any atom is -0.494 e. The number of hydrogen-bond donors (Lipinski definition) is 0. The van der Waals surface area contributed by atoms with Gasteiger partial charge in [-0.25, -0.2) is 0 Å². The fourth-order valence-electron chi connectivity index (χ4n) is 1.36. The first-order valence-electron chi connectivity index (χ1n) is 4.92. The summed E-state index contributed by atoms with van der Waals surface area (Å²) in [5, 5.41) is 0. The van der Waals surface area contributed by atoms with Crippen molar-refractivity contribution in [1.29, 1.82) is 0 Å². The molecular formula is C12H17BrO. The molecule has 0 radical (unpaired) electrons. The molecule has 0 unspecified atom stereocenters. The number of ether oxygens (including phenoxy) is 1. The third-order valence-electron chi connectivity index (χ3n) is 1.86. The molecule has 0 saturated heterocycles. The molecule has 0 aliphatic heterocycles. The van der Waals surface area contributed by atoms with E-state index >= 15 is 0 Å². The Morgan fingerprint density at radius 3 is 2.21 bits per heavy atom. The van der Waals surface area contributed by atoms with Gasteiger partial charge >= 0.3 is 0 Å². The van der Waals surface area contributed by atoms with Crippen LogP contribution in [0.15, 0.2) is 24.3 Å². The van der Waals surface area contributed by atoms with Gasteiger partial charge in [0.1, 0.15) is 5.75 Å². The second-order valence-corrected chi connectivity index (χ2v) is 6.12. The molecular weight excluding hydrogens is 240 g/mol. The Bertz CT molecular complexity index is 271. The summed E-state index contributed by atoms with van der Waals surface area (Å²) < 4.78 is 5.55. The predicted octanol–water partition coefficient (Wildman–Crippen LogP) is 3.80. The van der Waals surface area contributed by atoms with E-state index in [1.165, 1.54) is 5.56 Å². The molecule has 0 aliphatic rings. The second-order valence-electron chi connectivity index (χ2n) is 3.97. The molecule has 0 atom stereocenters. The average molecular weight is 257 g/mol. The third kappa shape index (κ3) is 4.14. The van der Waals surface area contributed by atoms with Crippen molar-refractivity contribution in [3.63, 3.8) is 0 Å². The zero-order valence-corrected chi connectivity index (χ0v) is 10.6. The first-order valence-corrected chi connectivity index (χ1v) is 5.71. The van der Waals surface area contributed by atoms with Crippen LogP contribution < -0.4 is 4.74 Å². The van der Waals surface area contributed by atoms with Crippen molar-refractivity contribution in [2.75, 3.05) is 6.61 Å². The molecule has 0 aliphatic carbocycles. The molecule has 0 N–H and O–H groups in total. The summed E-state index contributed by atoms with van der Waals surface area (Å²) in [6.45, 7) is 7.06. The first-order chi connectivity index (χ1) is 6.51. The summed E-state index contributed by atoms with van der Waals surface area (Å²) in [5.74, 6) is 0.948. The lowest BCUT2D eigenvalue weighted by molar-refractivity contribution is 0.340. The van der Waals surface area contributed by atoms with E-state index in [0.29, 0.717) is 0 Å². The lowest BCUT2D eigenvalue weighted by Crippen LogP contribution is -2.12. The van der Waals surface area contributed by atoms with E-state index in [1.807, 2.05) is 19.1 Å². The molecule has 0 bridgehead atoms. The maximum absolute atomic E-state index is 5.38. The Morgan fingerprint density at radius 1 is 1.21 bits per heavy atom. The van der Waals surface area contributed by atoms with Crippen LogP contribution >= 0.6 is 15.9 Å². The van der Waals surface area contributed by atoms with Gasteiger partial charge < -0.3 is 4.74 Å². The van der Waals surface area contributed by atoms with Gasteiger partial charge in [-0.2, -0.15) is 0 Å². The van der Waals surface area contributed by atoms with Crippen LogP contribution in [0.5, 0.6) is 5.75 Å². The maximum Gasteiger partial charge on any atom is 0.119 e. The Morgan fingerprint density at radius 2 is 1.79 bits per heavy atom. The molecule has 78 valence electrons. The van der Waals surface area contributed by atoms with Gasteiger partial charge in [0.2, 0.25) is 0 Å². The molecule has 2 heteroatoms. The van der Waals surface area contributed by atoms with E-state index in [-0.39, 0.29) is 4.32 Å². The Hall–Kier alpha value is -0.500. The van der Waals surface area contributed by atoms with Crippen molar-refractivity contribution >= 4 is 15.9 Å². The van der Waals surface area contributed by atoms with E-state index in [0.717, 1.165) is 18.8 Å². The smallest absolute Gasteiger partial charge is 0.119 e. The largest absolute Gasteiger partial charge is 0.494 e. The quantitative estimate of drug-likeness (QED) is 0.745. The number of halogens is 1. The monoisotopic (exact) mass is 256 g/mol. The van der Waals surface area contributed by atoms with Crippen molar-refractivity contribution in [1.82, 2.24) is 0 Å². The summed E-state index contributed by atoms with van der Waals surface area (Å²) in [6.07, 6.45) is 1.03. The van der Waals surface area contributed by atoms with E-state index in [2.05, 4.69) is 41.9 Å². The SMILES string of the molecule is CCOc1ccc(CC(C)(C)Br)cc1. The summed E-state index contributed by atoms with van der Waals surface area (Å²) >= 11 is 3.63. The first kappa shape index (κ1) is 11.6. The van der Waals surface area contributed by atoms with Crippen LogP contribution in [0.3, 0.4) is 0 Å². The van der Waals surface area contributed by atoms with Crippen LogP contribution in [0, 0.1) is 0 Å². The molecule has 1 rings (SSSR count). The van der Waals surface area contributed by atoms with Crippen LogP contribution in [-0.2, 0) is 6.42 Å². The topological polar surface area (TPSA) is 9.23 Å². The Labute approximate surface area is 94.6 Å². The maximum atomic E-state index is 5.38. The highest BCUT2D eigenvalue weighted by Crippen LogP contribution is 2.23. The lowest BCUT2D eigenvalue weighted by atomic mass is 10.0. The minimum absolute atomic E-state index is 0.167. The summed E-state index contributed by atoms with van der Waals surface area (Å²) in [7, 11) is 0.